The molecule has 2 N–H and O–H groups in total. The van der Waals surface area contributed by atoms with Gasteiger partial charge in [0.15, 0.2) is 0 Å². The van der Waals surface area contributed by atoms with Gasteiger partial charge in [0.2, 0.25) is 5.91 Å². The van der Waals surface area contributed by atoms with Crippen LogP contribution in [-0.2, 0) is 14.3 Å². The fourth-order valence-electron chi connectivity index (χ4n) is 2.40. The van der Waals surface area contributed by atoms with Crippen molar-refractivity contribution in [1.29, 1.82) is 0 Å². The Hall–Kier alpha value is -2.84. The lowest BCUT2D eigenvalue weighted by molar-refractivity contribution is -0.118. The van der Waals surface area contributed by atoms with E-state index in [1.807, 2.05) is 6.07 Å². The summed E-state index contributed by atoms with van der Waals surface area (Å²) in [5.41, 5.74) is 1.29. The monoisotopic (exact) mass is 416 g/mol. The largest absolute Gasteiger partial charge is 0.462 e. The average Bonchev–Trinajstić information content (AvgIpc) is 2.73. The molecule has 2 aromatic carbocycles. The lowest BCUT2D eigenvalue weighted by Gasteiger charge is -2.11. The molecule has 154 valence electrons. The van der Waals surface area contributed by atoms with E-state index in [1.165, 1.54) is 11.8 Å². The summed E-state index contributed by atoms with van der Waals surface area (Å²) in [6.45, 7) is 2.89. The van der Waals surface area contributed by atoms with Crippen molar-refractivity contribution < 1.29 is 23.9 Å². The molecule has 0 saturated carbocycles. The zero-order chi connectivity index (χ0) is 21.1. The van der Waals surface area contributed by atoms with Crippen LogP contribution in [0.5, 0.6) is 0 Å². The Morgan fingerprint density at radius 3 is 2.62 bits per heavy atom. The number of amides is 2. The number of ether oxygens (including phenoxy) is 2. The van der Waals surface area contributed by atoms with Crippen LogP contribution in [0.4, 0.5) is 5.69 Å². The van der Waals surface area contributed by atoms with Crippen LogP contribution in [0.25, 0.3) is 0 Å². The minimum Gasteiger partial charge on any atom is -0.462 e. The van der Waals surface area contributed by atoms with Gasteiger partial charge >= 0.3 is 5.97 Å². The minimum atomic E-state index is -0.445. The van der Waals surface area contributed by atoms with Gasteiger partial charge in [-0.1, -0.05) is 18.2 Å². The zero-order valence-corrected chi connectivity index (χ0v) is 17.2. The predicted molar refractivity (Wildman–Crippen MR) is 112 cm³/mol. The number of benzene rings is 2. The van der Waals surface area contributed by atoms with Gasteiger partial charge in [-0.25, -0.2) is 4.79 Å². The van der Waals surface area contributed by atoms with Gasteiger partial charge in [0, 0.05) is 24.2 Å². The van der Waals surface area contributed by atoms with Crippen LogP contribution in [-0.4, -0.2) is 50.4 Å². The average molecular weight is 416 g/mol. The molecule has 8 heteroatoms. The van der Waals surface area contributed by atoms with Crippen LogP contribution in [0.1, 0.15) is 27.6 Å². The molecular weight excluding hydrogens is 392 g/mol. The first kappa shape index (κ1) is 22.4. The van der Waals surface area contributed by atoms with E-state index in [9.17, 15) is 14.4 Å². The normalized spacial score (nSPS) is 10.3. The number of thioether (sulfide) groups is 1. The molecule has 2 amide bonds. The number of anilines is 1. The van der Waals surface area contributed by atoms with E-state index in [0.29, 0.717) is 34.9 Å². The molecule has 0 saturated heterocycles. The van der Waals surface area contributed by atoms with Crippen molar-refractivity contribution in [3.63, 3.8) is 0 Å². The van der Waals surface area contributed by atoms with Crippen LogP contribution in [0.15, 0.2) is 53.4 Å². The molecule has 2 rings (SSSR count). The Kier molecular flexibility index (Phi) is 9.20. The van der Waals surface area contributed by atoms with Crippen LogP contribution >= 0.6 is 11.8 Å². The second-order valence-corrected chi connectivity index (χ2v) is 6.90. The first-order valence-corrected chi connectivity index (χ1v) is 10.1. The topological polar surface area (TPSA) is 93.7 Å². The Balaban J connectivity index is 2.04. The maximum Gasteiger partial charge on any atom is 0.338 e. The molecule has 0 fully saturated rings. The van der Waals surface area contributed by atoms with E-state index in [-0.39, 0.29) is 24.2 Å². The minimum absolute atomic E-state index is 0.135. The summed E-state index contributed by atoms with van der Waals surface area (Å²) in [4.78, 5) is 37.2. The zero-order valence-electron chi connectivity index (χ0n) is 16.4. The van der Waals surface area contributed by atoms with Crippen molar-refractivity contribution in [3.05, 3.63) is 59.7 Å². The molecule has 0 heterocycles. The molecule has 2 aromatic rings. The Bertz CT molecular complexity index is 856. The van der Waals surface area contributed by atoms with Crippen molar-refractivity contribution in [3.8, 4) is 0 Å². The van der Waals surface area contributed by atoms with E-state index in [2.05, 4.69) is 10.6 Å². The van der Waals surface area contributed by atoms with E-state index < -0.39 is 5.97 Å². The number of hydrogen-bond donors (Lipinski definition) is 2. The summed E-state index contributed by atoms with van der Waals surface area (Å²) in [6.07, 6.45) is 0. The van der Waals surface area contributed by atoms with E-state index in [1.54, 1.807) is 56.5 Å². The Morgan fingerprint density at radius 2 is 1.86 bits per heavy atom. The van der Waals surface area contributed by atoms with Crippen molar-refractivity contribution in [1.82, 2.24) is 5.32 Å². The summed E-state index contributed by atoms with van der Waals surface area (Å²) in [7, 11) is 1.57. The quantitative estimate of drug-likeness (QED) is 0.351. The number of nitrogens with one attached hydrogen (secondary N) is 2. The molecular formula is C21H24N2O5S. The van der Waals surface area contributed by atoms with Gasteiger partial charge in [0.25, 0.3) is 5.91 Å². The van der Waals surface area contributed by atoms with Gasteiger partial charge < -0.3 is 20.1 Å². The smallest absolute Gasteiger partial charge is 0.338 e. The van der Waals surface area contributed by atoms with Crippen molar-refractivity contribution in [2.45, 2.75) is 11.8 Å². The van der Waals surface area contributed by atoms with Crippen molar-refractivity contribution in [2.24, 2.45) is 0 Å². The van der Waals surface area contributed by atoms with Crippen LogP contribution in [0, 0.1) is 0 Å². The third-order valence-electron chi connectivity index (χ3n) is 3.75. The Morgan fingerprint density at radius 1 is 1.07 bits per heavy atom. The summed E-state index contributed by atoms with van der Waals surface area (Å²) in [5, 5.41) is 5.53. The molecule has 0 atom stereocenters. The molecule has 0 unspecified atom stereocenters. The summed E-state index contributed by atoms with van der Waals surface area (Å²) < 4.78 is 9.88. The predicted octanol–water partition coefficient (Wildman–Crippen LogP) is 2.97. The standard InChI is InChI=1S/C21H24N2O5S/c1-3-28-21(26)15-7-6-8-16(13-15)23-20(25)17-9-4-5-10-18(17)29-14-19(24)22-11-12-27-2/h4-10,13H,3,11-12,14H2,1-2H3,(H,22,24)(H,23,25). The SMILES string of the molecule is CCOC(=O)c1cccc(NC(=O)c2ccccc2SCC(=O)NCCOC)c1. The second kappa shape index (κ2) is 11.9. The molecule has 0 aliphatic carbocycles. The number of methoxy groups -OCH3 is 1. The summed E-state index contributed by atoms with van der Waals surface area (Å²) in [5.74, 6) is -0.718. The number of esters is 1. The molecule has 0 aliphatic heterocycles. The molecule has 0 radical (unpaired) electrons. The van der Waals surface area contributed by atoms with Crippen molar-refractivity contribution in [2.75, 3.05) is 37.9 Å². The number of hydrogen-bond acceptors (Lipinski definition) is 6. The fraction of sp³-hybridized carbons (Fsp3) is 0.286. The van der Waals surface area contributed by atoms with E-state index in [4.69, 9.17) is 9.47 Å². The molecule has 0 aromatic heterocycles. The molecule has 7 nitrogen and oxygen atoms in total. The summed E-state index contributed by atoms with van der Waals surface area (Å²) >= 11 is 1.28. The summed E-state index contributed by atoms with van der Waals surface area (Å²) in [6, 6.07) is 13.6. The highest BCUT2D eigenvalue weighted by Gasteiger charge is 2.14. The highest BCUT2D eigenvalue weighted by atomic mass is 32.2. The van der Waals surface area contributed by atoms with Crippen LogP contribution in [0.3, 0.4) is 0 Å². The molecule has 0 aliphatic rings. The maximum absolute atomic E-state index is 12.7. The van der Waals surface area contributed by atoms with Crippen LogP contribution in [0.2, 0.25) is 0 Å². The number of carbonyl (C=O) groups is 3. The number of carbonyl (C=O) groups excluding carboxylic acids is 3. The van der Waals surface area contributed by atoms with Gasteiger partial charge in [-0.3, -0.25) is 9.59 Å². The maximum atomic E-state index is 12.7. The van der Waals surface area contributed by atoms with Gasteiger partial charge in [-0.05, 0) is 37.3 Å². The molecule has 29 heavy (non-hydrogen) atoms. The van der Waals surface area contributed by atoms with E-state index in [0.717, 1.165) is 0 Å². The van der Waals surface area contributed by atoms with Crippen molar-refractivity contribution >= 4 is 35.2 Å². The number of rotatable bonds is 10. The van der Waals surface area contributed by atoms with Crippen LogP contribution < -0.4 is 10.6 Å². The Labute approximate surface area is 174 Å². The van der Waals surface area contributed by atoms with Gasteiger partial charge in [-0.15, -0.1) is 11.8 Å². The lowest BCUT2D eigenvalue weighted by atomic mass is 10.1. The van der Waals surface area contributed by atoms with Gasteiger partial charge in [-0.2, -0.15) is 0 Å². The third-order valence-corrected chi connectivity index (χ3v) is 4.82. The van der Waals surface area contributed by atoms with Gasteiger partial charge in [0.05, 0.1) is 30.1 Å². The highest BCUT2D eigenvalue weighted by Crippen LogP contribution is 2.24. The van der Waals surface area contributed by atoms with Gasteiger partial charge in [0.1, 0.15) is 0 Å². The first-order valence-electron chi connectivity index (χ1n) is 9.11. The third kappa shape index (κ3) is 7.24. The lowest BCUT2D eigenvalue weighted by Crippen LogP contribution is -2.28. The van der Waals surface area contributed by atoms with E-state index >= 15 is 0 Å². The first-order chi connectivity index (χ1) is 14.0. The molecule has 0 spiro atoms. The highest BCUT2D eigenvalue weighted by molar-refractivity contribution is 8.00. The fourth-order valence-corrected chi connectivity index (χ4v) is 3.28. The second-order valence-electron chi connectivity index (χ2n) is 5.88. The molecule has 0 bridgehead atoms.